The number of rotatable bonds is 1. The second kappa shape index (κ2) is 5.39. The molecule has 2 aliphatic rings. The van der Waals surface area contributed by atoms with Crippen molar-refractivity contribution in [3.63, 3.8) is 0 Å². The van der Waals surface area contributed by atoms with Crippen molar-refractivity contribution in [2.45, 2.75) is 22.8 Å². The molecule has 114 valence electrons. The van der Waals surface area contributed by atoms with Crippen molar-refractivity contribution in [2.24, 2.45) is 0 Å². The Morgan fingerprint density at radius 3 is 2.55 bits per heavy atom. The van der Waals surface area contributed by atoms with E-state index >= 15 is 0 Å². The van der Waals surface area contributed by atoms with Gasteiger partial charge in [0.15, 0.2) is 0 Å². The smallest absolute Gasteiger partial charge is 0.123 e. The van der Waals surface area contributed by atoms with E-state index in [4.69, 9.17) is 0 Å². The largest absolute Gasteiger partial charge is 0.306 e. The van der Waals surface area contributed by atoms with Gasteiger partial charge >= 0.3 is 0 Å². The lowest BCUT2D eigenvalue weighted by Crippen LogP contribution is -2.37. The summed E-state index contributed by atoms with van der Waals surface area (Å²) in [6, 6.07) is 16.0. The summed E-state index contributed by atoms with van der Waals surface area (Å²) >= 11 is 2.03. The van der Waals surface area contributed by atoms with Crippen LogP contribution in [-0.4, -0.2) is 25.0 Å². The predicted molar refractivity (Wildman–Crippen MR) is 90.7 cm³/mol. The van der Waals surface area contributed by atoms with Crippen LogP contribution < -0.4 is 0 Å². The van der Waals surface area contributed by atoms with E-state index in [1.807, 2.05) is 17.8 Å². The highest BCUT2D eigenvalue weighted by Gasteiger charge is 2.46. The van der Waals surface area contributed by atoms with Gasteiger partial charge in [0.1, 0.15) is 5.82 Å². The summed E-state index contributed by atoms with van der Waals surface area (Å²) in [5.41, 5.74) is 3.87. The number of hydrogen-bond acceptors (Lipinski definition) is 2. The molecule has 3 heteroatoms. The molecule has 0 N–H and O–H groups in total. The van der Waals surface area contributed by atoms with Crippen LogP contribution in [0.2, 0.25) is 0 Å². The topological polar surface area (TPSA) is 3.24 Å². The maximum absolute atomic E-state index is 13.9. The monoisotopic (exact) mass is 313 g/mol. The lowest BCUT2D eigenvalue weighted by atomic mass is 9.84. The van der Waals surface area contributed by atoms with Crippen LogP contribution in [0.3, 0.4) is 0 Å². The van der Waals surface area contributed by atoms with E-state index in [-0.39, 0.29) is 10.6 Å². The quantitative estimate of drug-likeness (QED) is 0.758. The Morgan fingerprint density at radius 2 is 1.82 bits per heavy atom. The van der Waals surface area contributed by atoms with E-state index in [1.165, 1.54) is 16.7 Å². The van der Waals surface area contributed by atoms with Crippen LogP contribution in [-0.2, 0) is 4.75 Å². The van der Waals surface area contributed by atoms with E-state index in [9.17, 15) is 4.39 Å². The zero-order valence-corrected chi connectivity index (χ0v) is 13.6. The zero-order chi connectivity index (χ0) is 15.2. The van der Waals surface area contributed by atoms with Crippen molar-refractivity contribution < 1.29 is 4.39 Å². The normalized spacial score (nSPS) is 23.6. The fraction of sp³-hybridized carbons (Fsp3) is 0.368. The molecule has 0 unspecified atom stereocenters. The van der Waals surface area contributed by atoms with E-state index in [1.54, 1.807) is 12.1 Å². The standard InChI is InChI=1S/C19H20FNS/c1-21-11-9-19(10-12-21)17-13-15(20)7-8-16(17)18(22-19)14-5-3-2-4-6-14/h2-8,13,18H,9-12H2,1H3/t18-/m1/s1. The highest BCUT2D eigenvalue weighted by atomic mass is 32.2. The van der Waals surface area contributed by atoms with Gasteiger partial charge in [0.05, 0.1) is 5.25 Å². The van der Waals surface area contributed by atoms with Crippen molar-refractivity contribution in [1.29, 1.82) is 0 Å². The fourth-order valence-corrected chi connectivity index (χ4v) is 5.55. The number of benzene rings is 2. The van der Waals surface area contributed by atoms with Crippen LogP contribution in [0.5, 0.6) is 0 Å². The summed E-state index contributed by atoms with van der Waals surface area (Å²) in [5.74, 6) is -0.105. The molecule has 0 amide bonds. The fourth-order valence-electron chi connectivity index (χ4n) is 3.75. The predicted octanol–water partition coefficient (Wildman–Crippen LogP) is 4.58. The first kappa shape index (κ1) is 14.3. The third kappa shape index (κ3) is 2.27. The van der Waals surface area contributed by atoms with Gasteiger partial charge < -0.3 is 4.90 Å². The van der Waals surface area contributed by atoms with Gasteiger partial charge in [-0.25, -0.2) is 4.39 Å². The Labute approximate surface area is 135 Å². The highest BCUT2D eigenvalue weighted by Crippen LogP contribution is 2.61. The molecule has 2 heterocycles. The number of hydrogen-bond donors (Lipinski definition) is 0. The minimum atomic E-state index is -0.105. The van der Waals surface area contributed by atoms with E-state index < -0.39 is 0 Å². The number of fused-ring (bicyclic) bond motifs is 2. The van der Waals surface area contributed by atoms with Crippen LogP contribution in [0.15, 0.2) is 48.5 Å². The van der Waals surface area contributed by atoms with Crippen molar-refractivity contribution >= 4 is 11.8 Å². The molecule has 0 saturated carbocycles. The number of nitrogens with zero attached hydrogens (tertiary/aromatic N) is 1. The molecule has 4 rings (SSSR count). The molecule has 0 radical (unpaired) electrons. The van der Waals surface area contributed by atoms with Gasteiger partial charge in [0, 0.05) is 4.75 Å². The van der Waals surface area contributed by atoms with Gasteiger partial charge in [-0.1, -0.05) is 36.4 Å². The third-order valence-electron chi connectivity index (χ3n) is 5.03. The molecule has 2 aliphatic heterocycles. The molecule has 1 atom stereocenters. The zero-order valence-electron chi connectivity index (χ0n) is 12.8. The highest BCUT2D eigenvalue weighted by molar-refractivity contribution is 8.01. The number of halogens is 1. The summed E-state index contributed by atoms with van der Waals surface area (Å²) in [6.07, 6.45) is 2.21. The Balaban J connectivity index is 1.80. The third-order valence-corrected chi connectivity index (χ3v) is 6.87. The van der Waals surface area contributed by atoms with E-state index in [0.717, 1.165) is 25.9 Å². The van der Waals surface area contributed by atoms with Crippen LogP contribution in [0.4, 0.5) is 4.39 Å². The number of thioether (sulfide) groups is 1. The minimum Gasteiger partial charge on any atom is -0.306 e. The molecule has 0 bridgehead atoms. The molecular weight excluding hydrogens is 293 g/mol. The lowest BCUT2D eigenvalue weighted by Gasteiger charge is -2.38. The van der Waals surface area contributed by atoms with Crippen LogP contribution in [0.25, 0.3) is 0 Å². The molecule has 1 nitrogen and oxygen atoms in total. The lowest BCUT2D eigenvalue weighted by molar-refractivity contribution is 0.241. The average Bonchev–Trinajstić information content (AvgIpc) is 2.85. The number of piperidine rings is 1. The second-order valence-corrected chi connectivity index (χ2v) is 7.93. The van der Waals surface area contributed by atoms with Crippen molar-refractivity contribution in [2.75, 3.05) is 20.1 Å². The Morgan fingerprint density at radius 1 is 1.09 bits per heavy atom. The molecule has 1 spiro atoms. The molecule has 0 aliphatic carbocycles. The van der Waals surface area contributed by atoms with Gasteiger partial charge in [-0.15, -0.1) is 11.8 Å². The molecule has 22 heavy (non-hydrogen) atoms. The Bertz CT molecular complexity index is 677. The van der Waals surface area contributed by atoms with Crippen molar-refractivity contribution in [1.82, 2.24) is 4.90 Å². The first-order valence-corrected chi connectivity index (χ1v) is 8.77. The first-order valence-electron chi connectivity index (χ1n) is 7.89. The molecular formula is C19H20FNS. The molecule has 2 aromatic carbocycles. The van der Waals surface area contributed by atoms with Crippen molar-refractivity contribution in [3.05, 3.63) is 71.0 Å². The molecule has 1 fully saturated rings. The summed E-state index contributed by atoms with van der Waals surface area (Å²) in [7, 11) is 2.17. The molecule has 0 aromatic heterocycles. The van der Waals surface area contributed by atoms with Crippen LogP contribution >= 0.6 is 11.8 Å². The van der Waals surface area contributed by atoms with Crippen LogP contribution in [0, 0.1) is 5.82 Å². The van der Waals surface area contributed by atoms with Gasteiger partial charge in [0.25, 0.3) is 0 Å². The van der Waals surface area contributed by atoms with Crippen molar-refractivity contribution in [3.8, 4) is 0 Å². The number of likely N-dealkylation sites (tertiary alicyclic amines) is 1. The summed E-state index contributed by atoms with van der Waals surface area (Å²) in [4.78, 5) is 2.38. The average molecular weight is 313 g/mol. The summed E-state index contributed by atoms with van der Waals surface area (Å²) in [5, 5.41) is 0.334. The van der Waals surface area contributed by atoms with Gasteiger partial charge in [-0.05, 0) is 61.8 Å². The van der Waals surface area contributed by atoms with Gasteiger partial charge in [-0.2, -0.15) is 0 Å². The van der Waals surface area contributed by atoms with Crippen LogP contribution in [0.1, 0.15) is 34.8 Å². The maximum Gasteiger partial charge on any atom is 0.123 e. The maximum atomic E-state index is 13.9. The Kier molecular flexibility index (Phi) is 3.50. The SMILES string of the molecule is CN1CCC2(CC1)S[C@H](c1ccccc1)c1ccc(F)cc12. The Hall–Kier alpha value is -1.32. The van der Waals surface area contributed by atoms with E-state index in [2.05, 4.69) is 42.3 Å². The van der Waals surface area contributed by atoms with Gasteiger partial charge in [-0.3, -0.25) is 0 Å². The molecule has 2 aromatic rings. The first-order chi connectivity index (χ1) is 10.7. The summed E-state index contributed by atoms with van der Waals surface area (Å²) < 4.78 is 14.0. The summed E-state index contributed by atoms with van der Waals surface area (Å²) in [6.45, 7) is 2.18. The second-order valence-electron chi connectivity index (χ2n) is 6.44. The molecule has 1 saturated heterocycles. The minimum absolute atomic E-state index is 0.0877. The van der Waals surface area contributed by atoms with E-state index in [0.29, 0.717) is 5.25 Å². The van der Waals surface area contributed by atoms with Gasteiger partial charge in [0.2, 0.25) is 0 Å².